The molecule has 9 nitrogen and oxygen atoms in total. The summed E-state index contributed by atoms with van der Waals surface area (Å²) in [5, 5.41) is 19.7. The number of aromatic amines is 1. The molecule has 3 saturated heterocycles. The van der Waals surface area contributed by atoms with Crippen molar-refractivity contribution in [2.45, 2.75) is 24.4 Å². The van der Waals surface area contributed by atoms with E-state index in [1.54, 1.807) is 6.07 Å². The SMILES string of the molecule is N#Cc1c(O[C@@H]2COC3[C@H](O)CO[C@@H]32)[nH]c2ccc(-c3c(F)cc(N4CCOCC4)cc3F)nc12. The summed E-state index contributed by atoms with van der Waals surface area (Å²) in [6.07, 6.45) is -2.19. The quantitative estimate of drug-likeness (QED) is 0.579. The van der Waals surface area contributed by atoms with E-state index in [9.17, 15) is 10.4 Å². The summed E-state index contributed by atoms with van der Waals surface area (Å²) in [6, 6.07) is 7.74. The summed E-state index contributed by atoms with van der Waals surface area (Å²) >= 11 is 0. The normalized spacial score (nSPS) is 26.2. The molecule has 11 heteroatoms. The monoisotopic (exact) mass is 484 g/mol. The Balaban J connectivity index is 1.32. The molecule has 3 fully saturated rings. The van der Waals surface area contributed by atoms with Gasteiger partial charge in [0.25, 0.3) is 0 Å². The Kier molecular flexibility index (Phi) is 5.53. The highest BCUT2D eigenvalue weighted by molar-refractivity contribution is 5.87. The summed E-state index contributed by atoms with van der Waals surface area (Å²) in [6.45, 7) is 2.45. The van der Waals surface area contributed by atoms with E-state index in [0.717, 1.165) is 0 Å². The minimum atomic E-state index is -0.741. The second-order valence-corrected chi connectivity index (χ2v) is 8.74. The fraction of sp³-hybridized carbons (Fsp3) is 0.417. The van der Waals surface area contributed by atoms with Gasteiger partial charge in [-0.25, -0.2) is 13.8 Å². The minimum Gasteiger partial charge on any atom is -0.469 e. The van der Waals surface area contributed by atoms with Crippen molar-refractivity contribution in [1.29, 1.82) is 5.26 Å². The zero-order valence-electron chi connectivity index (χ0n) is 18.5. The first kappa shape index (κ1) is 22.2. The zero-order chi connectivity index (χ0) is 24.1. The fourth-order valence-corrected chi connectivity index (χ4v) is 4.88. The number of aliphatic hydroxyl groups excluding tert-OH is 1. The van der Waals surface area contributed by atoms with Crippen LogP contribution in [-0.4, -0.2) is 79.0 Å². The molecular weight excluding hydrogens is 462 g/mol. The minimum absolute atomic E-state index is 0.0644. The van der Waals surface area contributed by atoms with Gasteiger partial charge in [-0.15, -0.1) is 0 Å². The topological polar surface area (TPSA) is 113 Å². The number of H-pyrrole nitrogens is 1. The van der Waals surface area contributed by atoms with Crippen molar-refractivity contribution in [2.24, 2.45) is 0 Å². The van der Waals surface area contributed by atoms with Crippen LogP contribution in [0, 0.1) is 23.0 Å². The van der Waals surface area contributed by atoms with Gasteiger partial charge in [-0.05, 0) is 24.3 Å². The molecule has 3 aliphatic rings. The van der Waals surface area contributed by atoms with Crippen molar-refractivity contribution in [2.75, 3.05) is 44.4 Å². The first-order chi connectivity index (χ1) is 17.0. The number of fused-ring (bicyclic) bond motifs is 2. The lowest BCUT2D eigenvalue weighted by Crippen LogP contribution is -2.36. The number of halogens is 2. The Labute approximate surface area is 198 Å². The lowest BCUT2D eigenvalue weighted by Gasteiger charge is -2.29. The Bertz CT molecular complexity index is 1300. The van der Waals surface area contributed by atoms with Gasteiger partial charge in [0.2, 0.25) is 5.88 Å². The Hall–Kier alpha value is -3.30. The van der Waals surface area contributed by atoms with E-state index >= 15 is 8.78 Å². The van der Waals surface area contributed by atoms with Crippen LogP contribution in [0.2, 0.25) is 0 Å². The lowest BCUT2D eigenvalue weighted by atomic mass is 10.1. The smallest absolute Gasteiger partial charge is 0.212 e. The zero-order valence-corrected chi connectivity index (χ0v) is 18.5. The number of rotatable bonds is 4. The molecule has 35 heavy (non-hydrogen) atoms. The highest BCUT2D eigenvalue weighted by Gasteiger charge is 2.48. The van der Waals surface area contributed by atoms with Gasteiger partial charge in [-0.3, -0.25) is 0 Å². The molecule has 2 N–H and O–H groups in total. The Morgan fingerprint density at radius 1 is 1.11 bits per heavy atom. The van der Waals surface area contributed by atoms with Gasteiger partial charge in [0.15, 0.2) is 6.10 Å². The van der Waals surface area contributed by atoms with Gasteiger partial charge < -0.3 is 33.9 Å². The van der Waals surface area contributed by atoms with Crippen LogP contribution in [0.15, 0.2) is 24.3 Å². The molecule has 1 aromatic carbocycles. The van der Waals surface area contributed by atoms with Crippen LogP contribution in [-0.2, 0) is 14.2 Å². The van der Waals surface area contributed by atoms with E-state index in [2.05, 4.69) is 16.0 Å². The lowest BCUT2D eigenvalue weighted by molar-refractivity contribution is 0.00789. The van der Waals surface area contributed by atoms with E-state index in [0.29, 0.717) is 37.5 Å². The summed E-state index contributed by atoms with van der Waals surface area (Å²) in [4.78, 5) is 9.28. The van der Waals surface area contributed by atoms with Crippen LogP contribution in [0.5, 0.6) is 5.88 Å². The number of hydrogen-bond acceptors (Lipinski definition) is 8. The first-order valence-corrected chi connectivity index (χ1v) is 11.4. The van der Waals surface area contributed by atoms with Crippen LogP contribution in [0.3, 0.4) is 0 Å². The van der Waals surface area contributed by atoms with E-state index in [1.165, 1.54) is 18.2 Å². The van der Waals surface area contributed by atoms with Gasteiger partial charge in [-0.1, -0.05) is 0 Å². The third-order valence-corrected chi connectivity index (χ3v) is 6.63. The molecule has 0 aliphatic carbocycles. The van der Waals surface area contributed by atoms with Gasteiger partial charge in [0, 0.05) is 18.8 Å². The molecule has 1 unspecified atom stereocenters. The summed E-state index contributed by atoms with van der Waals surface area (Å²) in [5.41, 5.74) is 1.06. The van der Waals surface area contributed by atoms with Crippen molar-refractivity contribution in [3.63, 3.8) is 0 Å². The number of morpholine rings is 1. The fourth-order valence-electron chi connectivity index (χ4n) is 4.88. The maximum atomic E-state index is 15.1. The van der Waals surface area contributed by atoms with E-state index in [-0.39, 0.29) is 41.4 Å². The number of ether oxygens (including phenoxy) is 4. The number of benzene rings is 1. The highest BCUT2D eigenvalue weighted by Crippen LogP contribution is 2.35. The van der Waals surface area contributed by atoms with Gasteiger partial charge in [0.1, 0.15) is 47.1 Å². The van der Waals surface area contributed by atoms with Crippen molar-refractivity contribution in [3.05, 3.63) is 41.5 Å². The standard InChI is InChI=1S/C24H22F2N4O5/c25-14-7-12(30-3-5-32-6-4-30)8-15(26)20(14)16-1-2-17-21(28-16)13(9-27)24(29-17)35-19-11-34-22-18(31)10-33-23(19)22/h1-2,7-8,18-19,22-23,29,31H,3-6,10-11H2/t18-,19-,22?,23-/m1/s1. The molecule has 0 spiro atoms. The number of anilines is 1. The maximum Gasteiger partial charge on any atom is 0.212 e. The Morgan fingerprint density at radius 2 is 1.86 bits per heavy atom. The molecule has 3 aliphatic heterocycles. The van der Waals surface area contributed by atoms with Gasteiger partial charge >= 0.3 is 0 Å². The number of nitrogens with one attached hydrogen (secondary N) is 1. The van der Waals surface area contributed by atoms with Gasteiger partial charge in [0.05, 0.1) is 43.2 Å². The number of hydrogen-bond donors (Lipinski definition) is 2. The first-order valence-electron chi connectivity index (χ1n) is 11.4. The second kappa shape index (κ2) is 8.73. The van der Waals surface area contributed by atoms with Crippen LogP contribution in [0.25, 0.3) is 22.3 Å². The van der Waals surface area contributed by atoms with Crippen LogP contribution < -0.4 is 9.64 Å². The molecule has 5 heterocycles. The molecule has 182 valence electrons. The highest BCUT2D eigenvalue weighted by atomic mass is 19.1. The van der Waals surface area contributed by atoms with Crippen molar-refractivity contribution < 1.29 is 32.8 Å². The van der Waals surface area contributed by atoms with E-state index < -0.39 is 36.1 Å². The van der Waals surface area contributed by atoms with E-state index in [4.69, 9.17) is 18.9 Å². The predicted octanol–water partition coefficient (Wildman–Crippen LogP) is 2.12. The third kappa shape index (κ3) is 3.79. The maximum absolute atomic E-state index is 15.1. The van der Waals surface area contributed by atoms with Crippen LogP contribution in [0.4, 0.5) is 14.5 Å². The number of nitrogens with zero attached hydrogens (tertiary/aromatic N) is 3. The number of nitriles is 1. The second-order valence-electron chi connectivity index (χ2n) is 8.74. The van der Waals surface area contributed by atoms with Crippen molar-refractivity contribution >= 4 is 16.7 Å². The van der Waals surface area contributed by atoms with Crippen LogP contribution >= 0.6 is 0 Å². The molecular formula is C24H22F2N4O5. The number of aromatic nitrogens is 2. The molecule has 4 atom stereocenters. The number of pyridine rings is 1. The molecule has 3 aromatic rings. The molecule has 0 bridgehead atoms. The number of aliphatic hydroxyl groups is 1. The van der Waals surface area contributed by atoms with Crippen molar-refractivity contribution in [3.8, 4) is 23.2 Å². The Morgan fingerprint density at radius 3 is 2.60 bits per heavy atom. The van der Waals surface area contributed by atoms with Crippen LogP contribution in [0.1, 0.15) is 5.56 Å². The molecule has 0 amide bonds. The summed E-state index contributed by atoms with van der Waals surface area (Å²) in [7, 11) is 0. The molecule has 0 saturated carbocycles. The molecule has 2 aromatic heterocycles. The predicted molar refractivity (Wildman–Crippen MR) is 119 cm³/mol. The average Bonchev–Trinajstić information content (AvgIpc) is 3.54. The molecule has 0 radical (unpaired) electrons. The average molecular weight is 484 g/mol. The summed E-state index contributed by atoms with van der Waals surface area (Å²) in [5.74, 6) is -1.32. The van der Waals surface area contributed by atoms with E-state index in [1.807, 2.05) is 4.90 Å². The van der Waals surface area contributed by atoms with Crippen molar-refractivity contribution in [1.82, 2.24) is 9.97 Å². The third-order valence-electron chi connectivity index (χ3n) is 6.63. The largest absolute Gasteiger partial charge is 0.469 e. The molecule has 6 rings (SSSR count). The van der Waals surface area contributed by atoms with Gasteiger partial charge in [-0.2, -0.15) is 5.26 Å². The summed E-state index contributed by atoms with van der Waals surface area (Å²) < 4.78 is 52.6.